The Bertz CT molecular complexity index is 669. The van der Waals surface area contributed by atoms with Crippen LogP contribution in [0.15, 0.2) is 52.4 Å². The van der Waals surface area contributed by atoms with Crippen LogP contribution < -0.4 is 0 Å². The van der Waals surface area contributed by atoms with Crippen molar-refractivity contribution in [3.8, 4) is 0 Å². The highest BCUT2D eigenvalue weighted by atomic mass is 28.3. The summed E-state index contributed by atoms with van der Waals surface area (Å²) >= 11 is 0. The molecule has 0 spiro atoms. The van der Waals surface area contributed by atoms with Crippen LogP contribution in [0.25, 0.3) is 6.08 Å². The van der Waals surface area contributed by atoms with E-state index in [0.717, 1.165) is 10.4 Å². The third kappa shape index (κ3) is 4.30. The van der Waals surface area contributed by atoms with Gasteiger partial charge in [0, 0.05) is 0 Å². The highest BCUT2D eigenvalue weighted by Crippen LogP contribution is 2.31. The van der Waals surface area contributed by atoms with Crippen molar-refractivity contribution in [2.24, 2.45) is 0 Å². The van der Waals surface area contributed by atoms with Gasteiger partial charge in [0.05, 0.1) is 16.1 Å². The molecule has 0 unspecified atom stereocenters. The molecule has 0 heterocycles. The van der Waals surface area contributed by atoms with Gasteiger partial charge in [-0.05, 0) is 34.5 Å². The number of hydrogen-bond acceptors (Lipinski definition) is 1. The molecule has 122 valence electrons. The zero-order chi connectivity index (χ0) is 17.4. The molecule has 1 nitrogen and oxygen atoms in total. The van der Waals surface area contributed by atoms with Gasteiger partial charge >= 0.3 is 0 Å². The number of benzene rings is 1. The van der Waals surface area contributed by atoms with Crippen LogP contribution in [0.3, 0.4) is 0 Å². The van der Waals surface area contributed by atoms with Crippen LogP contribution in [0.2, 0.25) is 39.3 Å². The Morgan fingerprint density at radius 1 is 0.783 bits per heavy atom. The maximum absolute atomic E-state index is 13.0. The lowest BCUT2D eigenvalue weighted by Crippen LogP contribution is -2.38. The first-order valence-corrected chi connectivity index (χ1v) is 15.3. The molecule has 0 saturated carbocycles. The fraction of sp³-hybridized carbons (Fsp3) is 0.350. The molecule has 0 bridgehead atoms. The largest absolute Gasteiger partial charge is 0.290 e. The molecule has 1 aromatic rings. The molecule has 0 saturated heterocycles. The van der Waals surface area contributed by atoms with Gasteiger partial charge in [0.25, 0.3) is 0 Å². The Kier molecular flexibility index (Phi) is 4.83. The van der Waals surface area contributed by atoms with E-state index in [9.17, 15) is 4.79 Å². The average molecular weight is 341 g/mol. The molecule has 3 heteroatoms. The molecule has 1 aliphatic carbocycles. The summed E-state index contributed by atoms with van der Waals surface area (Å²) in [6.07, 6.45) is 6.47. The van der Waals surface area contributed by atoms with Crippen LogP contribution in [0.5, 0.6) is 0 Å². The van der Waals surface area contributed by atoms with Crippen molar-refractivity contribution in [3.63, 3.8) is 0 Å². The molecule has 0 radical (unpaired) electrons. The van der Waals surface area contributed by atoms with Crippen LogP contribution >= 0.6 is 0 Å². The van der Waals surface area contributed by atoms with Crippen LogP contribution in [0.1, 0.15) is 11.1 Å². The van der Waals surface area contributed by atoms with Gasteiger partial charge in [0.1, 0.15) is 0 Å². The third-order valence-corrected chi connectivity index (χ3v) is 8.11. The van der Waals surface area contributed by atoms with E-state index in [0.29, 0.717) is 5.78 Å². The predicted molar refractivity (Wildman–Crippen MR) is 107 cm³/mol. The molecule has 0 fully saturated rings. The van der Waals surface area contributed by atoms with Gasteiger partial charge < -0.3 is 0 Å². The van der Waals surface area contributed by atoms with Gasteiger partial charge in [-0.25, -0.2) is 0 Å². The second-order valence-electron chi connectivity index (χ2n) is 8.50. The molecule has 1 aliphatic rings. The van der Waals surface area contributed by atoms with E-state index in [4.69, 9.17) is 0 Å². The van der Waals surface area contributed by atoms with Crippen LogP contribution in [-0.4, -0.2) is 21.9 Å². The number of Topliss-reactive ketones (excluding diaryl/α,β-unsaturated/α-hetero) is 1. The third-order valence-electron chi connectivity index (χ3n) is 4.14. The maximum atomic E-state index is 13.0. The minimum atomic E-state index is -1.66. The molecule has 0 amide bonds. The summed E-state index contributed by atoms with van der Waals surface area (Å²) < 4.78 is 0. The molecule has 0 N–H and O–H groups in total. The number of allylic oxidation sites excluding steroid dienone is 5. The second kappa shape index (κ2) is 6.21. The van der Waals surface area contributed by atoms with Crippen molar-refractivity contribution in [2.75, 3.05) is 0 Å². The monoisotopic (exact) mass is 340 g/mol. The number of aryl methyl sites for hydroxylation is 1. The SMILES string of the molecule is Cc1ccc(C=C2C=C([Si](C)(C)C)C(=O)C([Si](C)(C)C)=C2)cc1. The highest BCUT2D eigenvalue weighted by Gasteiger charge is 2.35. The zero-order valence-corrected chi connectivity index (χ0v) is 17.4. The Balaban J connectivity index is 2.56. The quantitative estimate of drug-likeness (QED) is 0.657. The Labute approximate surface area is 142 Å². The Hall–Kier alpha value is -1.46. The van der Waals surface area contributed by atoms with E-state index in [2.05, 4.69) is 88.7 Å². The summed E-state index contributed by atoms with van der Waals surface area (Å²) in [5.74, 6) is 0.310. The molecule has 0 aromatic heterocycles. The van der Waals surface area contributed by atoms with E-state index in [1.807, 2.05) is 0 Å². The van der Waals surface area contributed by atoms with Gasteiger partial charge in [0.2, 0.25) is 0 Å². The normalized spacial score (nSPS) is 16.1. The Morgan fingerprint density at radius 3 is 1.61 bits per heavy atom. The number of carbonyl (C=O) groups excluding carboxylic acids is 1. The number of hydrogen-bond donors (Lipinski definition) is 0. The summed E-state index contributed by atoms with van der Waals surface area (Å²) in [4.78, 5) is 13.0. The molecule has 23 heavy (non-hydrogen) atoms. The summed E-state index contributed by atoms with van der Waals surface area (Å²) in [5, 5.41) is 2.13. The first-order valence-electron chi connectivity index (χ1n) is 8.26. The number of carbonyl (C=O) groups is 1. The predicted octanol–water partition coefficient (Wildman–Crippen LogP) is 5.57. The summed E-state index contributed by atoms with van der Waals surface area (Å²) in [6.45, 7) is 15.6. The molecular weight excluding hydrogens is 312 g/mol. The van der Waals surface area contributed by atoms with Crippen LogP contribution in [0.4, 0.5) is 0 Å². The van der Waals surface area contributed by atoms with Crippen molar-refractivity contribution < 1.29 is 4.79 Å². The van der Waals surface area contributed by atoms with Gasteiger partial charge in [-0.15, -0.1) is 0 Å². The van der Waals surface area contributed by atoms with Gasteiger partial charge in [-0.2, -0.15) is 0 Å². The minimum absolute atomic E-state index is 0.310. The van der Waals surface area contributed by atoms with E-state index in [1.54, 1.807) is 0 Å². The van der Waals surface area contributed by atoms with Crippen molar-refractivity contribution in [2.45, 2.75) is 46.2 Å². The first kappa shape index (κ1) is 17.9. The lowest BCUT2D eigenvalue weighted by molar-refractivity contribution is -0.111. The van der Waals surface area contributed by atoms with Gasteiger partial charge in [0.15, 0.2) is 5.78 Å². The summed E-state index contributed by atoms with van der Waals surface area (Å²) in [7, 11) is -3.31. The Morgan fingerprint density at radius 2 is 1.22 bits per heavy atom. The van der Waals surface area contributed by atoms with Crippen LogP contribution in [-0.2, 0) is 4.79 Å². The fourth-order valence-corrected chi connectivity index (χ4v) is 5.66. The molecular formula is C20H28OSi2. The second-order valence-corrected chi connectivity index (χ2v) is 18.6. The van der Waals surface area contributed by atoms with E-state index < -0.39 is 16.1 Å². The van der Waals surface area contributed by atoms with Crippen molar-refractivity contribution >= 4 is 28.0 Å². The summed E-state index contributed by atoms with van der Waals surface area (Å²) in [5.41, 5.74) is 3.63. The standard InChI is InChI=1S/C20H28OSi2/c1-15-8-10-16(11-9-15)12-17-13-18(22(2,3)4)20(21)19(14-17)23(5,6)7/h8-14H,1-7H3. The lowest BCUT2D eigenvalue weighted by Gasteiger charge is -2.29. The number of rotatable bonds is 3. The molecule has 0 atom stereocenters. The van der Waals surface area contributed by atoms with Gasteiger partial charge in [-0.3, -0.25) is 4.79 Å². The highest BCUT2D eigenvalue weighted by molar-refractivity contribution is 6.93. The summed E-state index contributed by atoms with van der Waals surface area (Å²) in [6, 6.07) is 8.55. The van der Waals surface area contributed by atoms with E-state index >= 15 is 0 Å². The van der Waals surface area contributed by atoms with E-state index in [-0.39, 0.29) is 0 Å². The zero-order valence-electron chi connectivity index (χ0n) is 15.4. The minimum Gasteiger partial charge on any atom is -0.290 e. The van der Waals surface area contributed by atoms with Crippen molar-refractivity contribution in [1.29, 1.82) is 0 Å². The molecule has 0 aliphatic heterocycles. The van der Waals surface area contributed by atoms with E-state index in [1.165, 1.54) is 16.7 Å². The maximum Gasteiger partial charge on any atom is 0.177 e. The van der Waals surface area contributed by atoms with Crippen molar-refractivity contribution in [1.82, 2.24) is 0 Å². The lowest BCUT2D eigenvalue weighted by atomic mass is 10.0. The molecule has 2 rings (SSSR count). The number of ketones is 1. The smallest absolute Gasteiger partial charge is 0.177 e. The van der Waals surface area contributed by atoms with Crippen LogP contribution in [0, 0.1) is 6.92 Å². The molecule has 1 aromatic carbocycles. The topological polar surface area (TPSA) is 17.1 Å². The van der Waals surface area contributed by atoms with Crippen molar-refractivity contribution in [3.05, 3.63) is 63.5 Å². The van der Waals surface area contributed by atoms with Gasteiger partial charge in [-0.1, -0.05) is 81.3 Å². The fourth-order valence-electron chi connectivity index (χ4n) is 2.70. The first-order chi connectivity index (χ1) is 10.5. The average Bonchev–Trinajstić information content (AvgIpc) is 2.40.